The van der Waals surface area contributed by atoms with E-state index in [2.05, 4.69) is 9.71 Å². The molecule has 0 atom stereocenters. The van der Waals surface area contributed by atoms with Gasteiger partial charge in [-0.3, -0.25) is 4.72 Å². The van der Waals surface area contributed by atoms with Gasteiger partial charge in [-0.15, -0.1) is 0 Å². The van der Waals surface area contributed by atoms with Gasteiger partial charge in [0.1, 0.15) is 15.9 Å². The van der Waals surface area contributed by atoms with Gasteiger partial charge < -0.3 is 0 Å². The second kappa shape index (κ2) is 5.55. The van der Waals surface area contributed by atoms with E-state index in [-0.39, 0.29) is 20.9 Å². The van der Waals surface area contributed by atoms with E-state index in [0.717, 1.165) is 6.07 Å². The molecule has 0 saturated carbocycles. The first-order chi connectivity index (χ1) is 9.29. The van der Waals surface area contributed by atoms with Gasteiger partial charge in [-0.25, -0.2) is 17.8 Å². The van der Waals surface area contributed by atoms with Crippen LogP contribution in [0.5, 0.6) is 0 Å². The minimum absolute atomic E-state index is 0.0790. The summed E-state index contributed by atoms with van der Waals surface area (Å²) in [5.74, 6) is -0.509. The molecular weight excluding hydrogens is 326 g/mol. The Hall–Kier alpha value is -1.37. The van der Waals surface area contributed by atoms with Crippen LogP contribution >= 0.6 is 23.2 Å². The molecule has 8 heteroatoms. The van der Waals surface area contributed by atoms with E-state index in [1.807, 2.05) is 0 Å². The van der Waals surface area contributed by atoms with Gasteiger partial charge in [0.15, 0.2) is 5.15 Å². The minimum atomic E-state index is -3.96. The number of hydrogen-bond donors (Lipinski definition) is 1. The molecule has 1 aromatic heterocycles. The van der Waals surface area contributed by atoms with Crippen LogP contribution in [0.3, 0.4) is 0 Å². The van der Waals surface area contributed by atoms with Crippen molar-refractivity contribution in [3.05, 3.63) is 52.0 Å². The summed E-state index contributed by atoms with van der Waals surface area (Å²) in [6, 6.07) is 6.54. The molecule has 1 heterocycles. The second-order valence-electron chi connectivity index (χ2n) is 3.99. The van der Waals surface area contributed by atoms with Crippen LogP contribution in [-0.4, -0.2) is 13.4 Å². The van der Waals surface area contributed by atoms with Crippen molar-refractivity contribution in [1.82, 2.24) is 4.98 Å². The molecule has 20 heavy (non-hydrogen) atoms. The van der Waals surface area contributed by atoms with Crippen LogP contribution in [0.15, 0.2) is 35.2 Å². The Kier molecular flexibility index (Phi) is 4.17. The maximum atomic E-state index is 13.4. The molecule has 2 rings (SSSR count). The van der Waals surface area contributed by atoms with Crippen LogP contribution in [0, 0.1) is 12.7 Å². The monoisotopic (exact) mass is 334 g/mol. The lowest BCUT2D eigenvalue weighted by Gasteiger charge is -2.09. The fourth-order valence-corrected chi connectivity index (χ4v) is 3.18. The fourth-order valence-electron chi connectivity index (χ4n) is 1.47. The molecule has 0 saturated heterocycles. The van der Waals surface area contributed by atoms with Crippen molar-refractivity contribution in [1.29, 1.82) is 0 Å². The highest BCUT2D eigenvalue weighted by atomic mass is 35.5. The van der Waals surface area contributed by atoms with E-state index in [9.17, 15) is 12.8 Å². The first-order valence-electron chi connectivity index (χ1n) is 5.40. The third kappa shape index (κ3) is 3.20. The number of halogens is 3. The van der Waals surface area contributed by atoms with E-state index >= 15 is 0 Å². The first-order valence-corrected chi connectivity index (χ1v) is 7.64. The number of pyridine rings is 1. The van der Waals surface area contributed by atoms with Crippen LogP contribution in [0.25, 0.3) is 0 Å². The van der Waals surface area contributed by atoms with E-state index in [0.29, 0.717) is 5.56 Å². The zero-order valence-electron chi connectivity index (χ0n) is 10.2. The van der Waals surface area contributed by atoms with E-state index in [4.69, 9.17) is 23.2 Å². The molecule has 1 N–H and O–H groups in total. The molecule has 0 radical (unpaired) electrons. The van der Waals surface area contributed by atoms with Crippen molar-refractivity contribution >= 4 is 38.9 Å². The Morgan fingerprint density at radius 1 is 1.20 bits per heavy atom. The molecule has 0 spiro atoms. The summed E-state index contributed by atoms with van der Waals surface area (Å²) in [5.41, 5.74) is 0.512. The van der Waals surface area contributed by atoms with Crippen molar-refractivity contribution in [2.75, 3.05) is 4.72 Å². The highest BCUT2D eigenvalue weighted by Gasteiger charge is 2.19. The zero-order valence-corrected chi connectivity index (χ0v) is 12.5. The molecule has 4 nitrogen and oxygen atoms in total. The van der Waals surface area contributed by atoms with Crippen LogP contribution < -0.4 is 4.72 Å². The number of hydrogen-bond acceptors (Lipinski definition) is 3. The van der Waals surface area contributed by atoms with Crippen LogP contribution in [0.2, 0.25) is 10.3 Å². The van der Waals surface area contributed by atoms with Crippen LogP contribution in [-0.2, 0) is 10.0 Å². The van der Waals surface area contributed by atoms with Crippen molar-refractivity contribution in [3.63, 3.8) is 0 Å². The molecule has 0 aliphatic rings. The summed E-state index contributed by atoms with van der Waals surface area (Å²) < 4.78 is 39.9. The lowest BCUT2D eigenvalue weighted by molar-refractivity contribution is 0.600. The molecule has 2 aromatic rings. The fraction of sp³-hybridized carbons (Fsp3) is 0.0833. The standard InChI is InChI=1S/C12H9Cl2FN2O2S/c1-7-2-3-8(6-9(7)15)17-20(18,19)10-4-5-11(13)16-12(10)14/h2-6,17H,1H3. The van der Waals surface area contributed by atoms with Crippen molar-refractivity contribution < 1.29 is 12.8 Å². The average molecular weight is 335 g/mol. The van der Waals surface area contributed by atoms with Crippen molar-refractivity contribution in [2.24, 2.45) is 0 Å². The van der Waals surface area contributed by atoms with Gasteiger partial charge in [-0.05, 0) is 36.8 Å². The number of sulfonamides is 1. The molecule has 0 amide bonds. The minimum Gasteiger partial charge on any atom is -0.279 e. The molecule has 106 valence electrons. The quantitative estimate of drug-likeness (QED) is 0.872. The summed E-state index contributed by atoms with van der Waals surface area (Å²) in [6.07, 6.45) is 0. The summed E-state index contributed by atoms with van der Waals surface area (Å²) in [7, 11) is -3.96. The van der Waals surface area contributed by atoms with Gasteiger partial charge >= 0.3 is 0 Å². The molecule has 0 aliphatic carbocycles. The normalized spacial score (nSPS) is 11.4. The number of aryl methyl sites for hydroxylation is 1. The average Bonchev–Trinajstić information content (AvgIpc) is 2.33. The van der Waals surface area contributed by atoms with Gasteiger partial charge in [0, 0.05) is 0 Å². The topological polar surface area (TPSA) is 59.1 Å². The largest absolute Gasteiger partial charge is 0.279 e. The highest BCUT2D eigenvalue weighted by Crippen LogP contribution is 2.24. The first kappa shape index (κ1) is 15.0. The van der Waals surface area contributed by atoms with Gasteiger partial charge in [-0.2, -0.15) is 0 Å². The molecular formula is C12H9Cl2FN2O2S. The SMILES string of the molecule is Cc1ccc(NS(=O)(=O)c2ccc(Cl)nc2Cl)cc1F. The zero-order chi connectivity index (χ0) is 14.9. The number of nitrogens with zero attached hydrogens (tertiary/aromatic N) is 1. The van der Waals surface area contributed by atoms with Crippen molar-refractivity contribution in [2.45, 2.75) is 11.8 Å². The lowest BCUT2D eigenvalue weighted by atomic mass is 10.2. The lowest BCUT2D eigenvalue weighted by Crippen LogP contribution is -2.14. The van der Waals surface area contributed by atoms with Crippen LogP contribution in [0.1, 0.15) is 5.56 Å². The molecule has 0 bridgehead atoms. The molecule has 0 unspecified atom stereocenters. The number of anilines is 1. The van der Waals surface area contributed by atoms with E-state index < -0.39 is 15.8 Å². The third-order valence-electron chi connectivity index (χ3n) is 2.49. The summed E-state index contributed by atoms with van der Waals surface area (Å²) in [6.45, 7) is 1.58. The Balaban J connectivity index is 2.38. The predicted molar refractivity (Wildman–Crippen MR) is 76.2 cm³/mol. The number of rotatable bonds is 3. The number of benzene rings is 1. The van der Waals surface area contributed by atoms with Crippen molar-refractivity contribution in [3.8, 4) is 0 Å². The van der Waals surface area contributed by atoms with Gasteiger partial charge in [0.05, 0.1) is 5.69 Å². The predicted octanol–water partition coefficient (Wildman–Crippen LogP) is 3.64. The highest BCUT2D eigenvalue weighted by molar-refractivity contribution is 7.92. The van der Waals surface area contributed by atoms with Gasteiger partial charge in [0.2, 0.25) is 0 Å². The number of nitrogens with one attached hydrogen (secondary N) is 1. The van der Waals surface area contributed by atoms with E-state index in [1.165, 1.54) is 24.3 Å². The summed E-state index contributed by atoms with van der Waals surface area (Å²) in [4.78, 5) is 3.42. The van der Waals surface area contributed by atoms with Crippen LogP contribution in [0.4, 0.5) is 10.1 Å². The van der Waals surface area contributed by atoms with Gasteiger partial charge in [-0.1, -0.05) is 29.3 Å². The molecule has 1 aromatic carbocycles. The maximum absolute atomic E-state index is 13.4. The van der Waals surface area contributed by atoms with E-state index in [1.54, 1.807) is 6.92 Å². The van der Waals surface area contributed by atoms with Gasteiger partial charge in [0.25, 0.3) is 10.0 Å². The Morgan fingerprint density at radius 3 is 2.50 bits per heavy atom. The molecule has 0 fully saturated rings. The number of aromatic nitrogens is 1. The summed E-state index contributed by atoms with van der Waals surface area (Å²) >= 11 is 11.4. The second-order valence-corrected chi connectivity index (χ2v) is 6.39. The maximum Gasteiger partial charge on any atom is 0.264 e. The molecule has 0 aliphatic heterocycles. The Labute approximate surface area is 125 Å². The Bertz CT molecular complexity index is 766. The smallest absolute Gasteiger partial charge is 0.264 e. The Morgan fingerprint density at radius 2 is 1.90 bits per heavy atom. The third-order valence-corrected chi connectivity index (χ3v) is 4.52. The summed E-state index contributed by atoms with van der Waals surface area (Å²) in [5, 5.41) is -0.173.